The van der Waals surface area contributed by atoms with Gasteiger partial charge in [-0.1, -0.05) is 68.8 Å². The number of hydrogen-bond donors (Lipinski definition) is 0. The minimum absolute atomic E-state index is 0.339. The van der Waals surface area contributed by atoms with Gasteiger partial charge in [0.1, 0.15) is 0 Å². The quantitative estimate of drug-likeness (QED) is 0.738. The Morgan fingerprint density at radius 2 is 2.00 bits per heavy atom. The van der Waals surface area contributed by atoms with E-state index >= 15 is 0 Å². The van der Waals surface area contributed by atoms with E-state index in [-0.39, 0.29) is 0 Å². The summed E-state index contributed by atoms with van der Waals surface area (Å²) in [4.78, 5) is 0. The first-order valence-corrected chi connectivity index (χ1v) is 5.55. The van der Waals surface area contributed by atoms with Gasteiger partial charge in [-0.2, -0.15) is 0 Å². The number of alkyl halides is 2. The number of halogens is 2. The molecule has 0 radical (unpaired) electrons. The van der Waals surface area contributed by atoms with Gasteiger partial charge in [-0.3, -0.25) is 0 Å². The molecule has 0 saturated heterocycles. The van der Waals surface area contributed by atoms with Crippen LogP contribution in [0.4, 0.5) is 0 Å². The standard InChI is InChI=1S/C10H10Br2/c1-2-8-5-3-4-6-9(8)7-10(11)12/h2-6,10H,1,7H2. The van der Waals surface area contributed by atoms with Gasteiger partial charge >= 0.3 is 0 Å². The van der Waals surface area contributed by atoms with Crippen molar-refractivity contribution in [3.8, 4) is 0 Å². The normalized spacial score (nSPS) is 10.2. The lowest BCUT2D eigenvalue weighted by atomic mass is 10.1. The van der Waals surface area contributed by atoms with Crippen LogP contribution in [-0.2, 0) is 6.42 Å². The van der Waals surface area contributed by atoms with E-state index in [4.69, 9.17) is 0 Å². The van der Waals surface area contributed by atoms with Crippen LogP contribution in [0.1, 0.15) is 11.1 Å². The average molecular weight is 290 g/mol. The maximum atomic E-state index is 3.77. The van der Waals surface area contributed by atoms with E-state index in [0.717, 1.165) is 6.42 Å². The van der Waals surface area contributed by atoms with Gasteiger partial charge in [-0.25, -0.2) is 0 Å². The SMILES string of the molecule is C=Cc1ccccc1CC(Br)Br. The number of benzene rings is 1. The van der Waals surface area contributed by atoms with E-state index in [2.05, 4.69) is 50.6 Å². The van der Waals surface area contributed by atoms with Crippen LogP contribution >= 0.6 is 31.9 Å². The van der Waals surface area contributed by atoms with Crippen LogP contribution < -0.4 is 0 Å². The van der Waals surface area contributed by atoms with Gasteiger partial charge in [0.2, 0.25) is 0 Å². The van der Waals surface area contributed by atoms with Crippen molar-refractivity contribution in [2.75, 3.05) is 0 Å². The maximum Gasteiger partial charge on any atom is 0.0738 e. The number of hydrogen-bond acceptors (Lipinski definition) is 0. The van der Waals surface area contributed by atoms with E-state index in [0.29, 0.717) is 3.74 Å². The van der Waals surface area contributed by atoms with Crippen LogP contribution in [-0.4, -0.2) is 3.74 Å². The molecule has 0 aliphatic rings. The average Bonchev–Trinajstić information content (AvgIpc) is 2.04. The maximum absolute atomic E-state index is 3.77. The smallest absolute Gasteiger partial charge is 0.0738 e. The summed E-state index contributed by atoms with van der Waals surface area (Å²) in [6.45, 7) is 3.77. The molecule has 0 aliphatic carbocycles. The molecule has 12 heavy (non-hydrogen) atoms. The largest absolute Gasteiger partial charge is 0.0985 e. The van der Waals surface area contributed by atoms with E-state index < -0.39 is 0 Å². The van der Waals surface area contributed by atoms with Crippen molar-refractivity contribution in [2.45, 2.75) is 10.2 Å². The van der Waals surface area contributed by atoms with Gasteiger partial charge < -0.3 is 0 Å². The highest BCUT2D eigenvalue weighted by molar-refractivity contribution is 9.24. The summed E-state index contributed by atoms with van der Waals surface area (Å²) in [5.74, 6) is 0. The van der Waals surface area contributed by atoms with Gasteiger partial charge in [0, 0.05) is 0 Å². The predicted octanol–water partition coefficient (Wildman–Crippen LogP) is 3.99. The van der Waals surface area contributed by atoms with E-state index in [9.17, 15) is 0 Å². The topological polar surface area (TPSA) is 0 Å². The molecular weight excluding hydrogens is 280 g/mol. The summed E-state index contributed by atoms with van der Waals surface area (Å²) in [7, 11) is 0. The fourth-order valence-electron chi connectivity index (χ4n) is 1.09. The van der Waals surface area contributed by atoms with Crippen molar-refractivity contribution in [3.63, 3.8) is 0 Å². The van der Waals surface area contributed by atoms with Crippen LogP contribution in [0.2, 0.25) is 0 Å². The van der Waals surface area contributed by atoms with Gasteiger partial charge in [-0.05, 0) is 17.5 Å². The summed E-state index contributed by atoms with van der Waals surface area (Å²) in [5, 5.41) is 0. The third-order valence-corrected chi connectivity index (χ3v) is 2.30. The van der Waals surface area contributed by atoms with Crippen molar-refractivity contribution < 1.29 is 0 Å². The second-order valence-corrected chi connectivity index (χ2v) is 5.94. The molecule has 1 aromatic carbocycles. The summed E-state index contributed by atoms with van der Waals surface area (Å²) < 4.78 is 0.339. The van der Waals surface area contributed by atoms with E-state index in [1.165, 1.54) is 11.1 Å². The zero-order chi connectivity index (χ0) is 8.97. The molecule has 0 amide bonds. The Morgan fingerprint density at radius 1 is 1.33 bits per heavy atom. The molecule has 0 saturated carbocycles. The van der Waals surface area contributed by atoms with Crippen LogP contribution in [0, 0.1) is 0 Å². The van der Waals surface area contributed by atoms with E-state index in [1.54, 1.807) is 0 Å². The Labute approximate surface area is 89.9 Å². The molecule has 1 rings (SSSR count). The highest BCUT2D eigenvalue weighted by atomic mass is 79.9. The second kappa shape index (κ2) is 4.83. The van der Waals surface area contributed by atoms with Crippen LogP contribution in [0.15, 0.2) is 30.8 Å². The zero-order valence-corrected chi connectivity index (χ0v) is 9.81. The number of rotatable bonds is 3. The molecule has 0 aromatic heterocycles. The Bertz CT molecular complexity index is 266. The van der Waals surface area contributed by atoms with Crippen molar-refractivity contribution in [1.82, 2.24) is 0 Å². The van der Waals surface area contributed by atoms with Crippen molar-refractivity contribution in [1.29, 1.82) is 0 Å². The molecule has 0 aliphatic heterocycles. The lowest BCUT2D eigenvalue weighted by molar-refractivity contribution is 1.13. The van der Waals surface area contributed by atoms with Gasteiger partial charge in [0.05, 0.1) is 3.74 Å². The molecule has 64 valence electrons. The molecular formula is C10H10Br2. The minimum atomic E-state index is 0.339. The summed E-state index contributed by atoms with van der Waals surface area (Å²) >= 11 is 6.91. The van der Waals surface area contributed by atoms with Gasteiger partial charge in [0.15, 0.2) is 0 Å². The zero-order valence-electron chi connectivity index (χ0n) is 6.63. The van der Waals surface area contributed by atoms with Crippen molar-refractivity contribution in [2.24, 2.45) is 0 Å². The van der Waals surface area contributed by atoms with E-state index in [1.807, 2.05) is 18.2 Å². The Kier molecular flexibility index (Phi) is 4.02. The molecule has 2 heteroatoms. The molecule has 1 aromatic rings. The molecule has 0 atom stereocenters. The first kappa shape index (κ1) is 10.0. The minimum Gasteiger partial charge on any atom is -0.0985 e. The lowest BCUT2D eigenvalue weighted by Gasteiger charge is -2.05. The predicted molar refractivity (Wildman–Crippen MR) is 61.9 cm³/mol. The molecule has 0 N–H and O–H groups in total. The van der Waals surface area contributed by atoms with Crippen LogP contribution in [0.25, 0.3) is 6.08 Å². The van der Waals surface area contributed by atoms with Crippen LogP contribution in [0.5, 0.6) is 0 Å². The summed E-state index contributed by atoms with van der Waals surface area (Å²) in [5.41, 5.74) is 2.52. The summed E-state index contributed by atoms with van der Waals surface area (Å²) in [6.07, 6.45) is 2.86. The summed E-state index contributed by atoms with van der Waals surface area (Å²) in [6, 6.07) is 8.26. The molecule has 0 fully saturated rings. The highest BCUT2D eigenvalue weighted by Gasteiger charge is 2.02. The van der Waals surface area contributed by atoms with Crippen molar-refractivity contribution >= 4 is 37.9 Å². The molecule has 0 unspecified atom stereocenters. The molecule has 0 nitrogen and oxygen atoms in total. The Hall–Kier alpha value is -0.0800. The second-order valence-electron chi connectivity index (χ2n) is 2.50. The van der Waals surface area contributed by atoms with Gasteiger partial charge in [-0.15, -0.1) is 0 Å². The molecule has 0 heterocycles. The van der Waals surface area contributed by atoms with Gasteiger partial charge in [0.25, 0.3) is 0 Å². The highest BCUT2D eigenvalue weighted by Crippen LogP contribution is 2.18. The lowest BCUT2D eigenvalue weighted by Crippen LogP contribution is -1.95. The fourth-order valence-corrected chi connectivity index (χ4v) is 1.78. The molecule has 0 bridgehead atoms. The third kappa shape index (κ3) is 2.76. The first-order chi connectivity index (χ1) is 5.74. The van der Waals surface area contributed by atoms with Crippen LogP contribution in [0.3, 0.4) is 0 Å². The Morgan fingerprint density at radius 3 is 2.58 bits per heavy atom. The van der Waals surface area contributed by atoms with Crippen molar-refractivity contribution in [3.05, 3.63) is 42.0 Å². The first-order valence-electron chi connectivity index (χ1n) is 3.72. The fraction of sp³-hybridized carbons (Fsp3) is 0.200. The third-order valence-electron chi connectivity index (χ3n) is 1.65. The Balaban J connectivity index is 2.89. The monoisotopic (exact) mass is 288 g/mol. The molecule has 0 spiro atoms.